The fourth-order valence-electron chi connectivity index (χ4n) is 0.507. The van der Waals surface area contributed by atoms with Crippen LogP contribution in [0.1, 0.15) is 27.7 Å². The van der Waals surface area contributed by atoms with Gasteiger partial charge >= 0.3 is 0 Å². The molecule has 2 aromatic heterocycles. The van der Waals surface area contributed by atoms with E-state index in [2.05, 4.69) is 19.9 Å². The van der Waals surface area contributed by atoms with Crippen molar-refractivity contribution >= 4 is 23.9 Å². The van der Waals surface area contributed by atoms with E-state index in [4.69, 9.17) is 39.6 Å². The third-order valence-electron chi connectivity index (χ3n) is 0.955. The second kappa shape index (κ2) is 27.9. The Morgan fingerprint density at radius 2 is 0.500 bits per heavy atom. The number of hydrogen-bond acceptors (Lipinski definition) is 8. The van der Waals surface area contributed by atoms with Crippen molar-refractivity contribution < 1.29 is 39.6 Å². The molecule has 0 fully saturated rings. The molecule has 0 aromatic carbocycles. The fraction of sp³-hybridized carbons (Fsp3) is 0.250. The van der Waals surface area contributed by atoms with Crippen molar-refractivity contribution in [3.63, 3.8) is 0 Å². The van der Waals surface area contributed by atoms with Crippen LogP contribution in [0, 0.1) is 0 Å². The molecule has 0 atom stereocenters. The maximum Gasteiger partial charge on any atom is 0.300 e. The van der Waals surface area contributed by atoms with Gasteiger partial charge in [-0.1, -0.05) is 0 Å². The highest BCUT2D eigenvalue weighted by molar-refractivity contribution is 5.63. The highest BCUT2D eigenvalue weighted by atomic mass is 16.4. The van der Waals surface area contributed by atoms with Gasteiger partial charge in [-0.05, 0) is 0 Å². The average Bonchev–Trinajstić information content (AvgIpc) is 2.56. The Bertz CT molecular complexity index is 464. The van der Waals surface area contributed by atoms with E-state index in [1.54, 1.807) is 49.6 Å². The van der Waals surface area contributed by atoms with Crippen LogP contribution in [-0.2, 0) is 19.2 Å². The molecule has 12 nitrogen and oxygen atoms in total. The van der Waals surface area contributed by atoms with E-state index in [9.17, 15) is 0 Å². The molecule has 2 aromatic rings. The first-order chi connectivity index (χ1) is 12.9. The number of hydrogen-bond donors (Lipinski definition) is 4. The smallest absolute Gasteiger partial charge is 0.300 e. The predicted molar refractivity (Wildman–Crippen MR) is 97.3 cm³/mol. The lowest BCUT2D eigenvalue weighted by atomic mass is 10.8. The first kappa shape index (κ1) is 31.8. The summed E-state index contributed by atoms with van der Waals surface area (Å²) >= 11 is 0. The van der Waals surface area contributed by atoms with Crippen molar-refractivity contribution in [2.24, 2.45) is 0 Å². The molecule has 28 heavy (non-hydrogen) atoms. The Labute approximate surface area is 161 Å². The van der Waals surface area contributed by atoms with Crippen LogP contribution >= 0.6 is 0 Å². The summed E-state index contributed by atoms with van der Waals surface area (Å²) in [4.78, 5) is 50.9. The summed E-state index contributed by atoms with van der Waals surface area (Å²) in [7, 11) is 0. The van der Waals surface area contributed by atoms with E-state index in [-0.39, 0.29) is 0 Å². The first-order valence-electron chi connectivity index (χ1n) is 7.11. The van der Waals surface area contributed by atoms with Crippen molar-refractivity contribution in [3.8, 4) is 0 Å². The molecular formula is C16H24N4O8. The van der Waals surface area contributed by atoms with Crippen LogP contribution in [0.5, 0.6) is 0 Å². The molecule has 0 amide bonds. The van der Waals surface area contributed by atoms with Gasteiger partial charge in [0.25, 0.3) is 23.9 Å². The summed E-state index contributed by atoms with van der Waals surface area (Å²) in [6.07, 6.45) is 13.1. The highest BCUT2D eigenvalue weighted by Crippen LogP contribution is 1.66. The van der Waals surface area contributed by atoms with Crippen LogP contribution in [0.15, 0.2) is 49.6 Å². The Hall–Kier alpha value is -3.96. The van der Waals surface area contributed by atoms with Gasteiger partial charge in [-0.25, -0.2) is 0 Å². The second-order valence-corrected chi connectivity index (χ2v) is 3.86. The van der Waals surface area contributed by atoms with Crippen LogP contribution in [0.4, 0.5) is 0 Å². The number of rotatable bonds is 0. The van der Waals surface area contributed by atoms with E-state index in [0.29, 0.717) is 0 Å². The minimum atomic E-state index is -0.833. The molecule has 0 saturated carbocycles. The molecule has 0 aliphatic rings. The highest BCUT2D eigenvalue weighted by Gasteiger charge is 1.66. The van der Waals surface area contributed by atoms with Gasteiger partial charge in [0.05, 0.1) is 0 Å². The van der Waals surface area contributed by atoms with Crippen molar-refractivity contribution in [1.29, 1.82) is 0 Å². The maximum atomic E-state index is 9.00. The monoisotopic (exact) mass is 400 g/mol. The summed E-state index contributed by atoms with van der Waals surface area (Å²) < 4.78 is 0. The molecule has 0 unspecified atom stereocenters. The minimum absolute atomic E-state index is 0.833. The van der Waals surface area contributed by atoms with Gasteiger partial charge in [-0.2, -0.15) is 0 Å². The lowest BCUT2D eigenvalue weighted by Gasteiger charge is -1.70. The van der Waals surface area contributed by atoms with Crippen LogP contribution in [0.2, 0.25) is 0 Å². The van der Waals surface area contributed by atoms with Gasteiger partial charge in [0.1, 0.15) is 0 Å². The lowest BCUT2D eigenvalue weighted by Crippen LogP contribution is -1.78. The van der Waals surface area contributed by atoms with Crippen molar-refractivity contribution in [3.05, 3.63) is 49.6 Å². The third-order valence-corrected chi connectivity index (χ3v) is 0.955. The third kappa shape index (κ3) is 151. The van der Waals surface area contributed by atoms with Gasteiger partial charge in [-0.3, -0.25) is 39.1 Å². The molecular weight excluding hydrogens is 376 g/mol. The van der Waals surface area contributed by atoms with E-state index in [1.165, 1.54) is 0 Å². The van der Waals surface area contributed by atoms with E-state index in [1.807, 2.05) is 0 Å². The van der Waals surface area contributed by atoms with Crippen LogP contribution in [-0.4, -0.2) is 64.2 Å². The van der Waals surface area contributed by atoms with Crippen molar-refractivity contribution in [2.45, 2.75) is 27.7 Å². The number of carboxylic acids is 4. The number of nitrogens with zero attached hydrogens (tertiary/aromatic N) is 4. The predicted octanol–water partition coefficient (Wildman–Crippen LogP) is 1.32. The van der Waals surface area contributed by atoms with E-state index >= 15 is 0 Å². The van der Waals surface area contributed by atoms with Crippen LogP contribution < -0.4 is 0 Å². The first-order valence-corrected chi connectivity index (χ1v) is 7.11. The van der Waals surface area contributed by atoms with Crippen LogP contribution in [0.3, 0.4) is 0 Å². The molecule has 0 spiro atoms. The summed E-state index contributed by atoms with van der Waals surface area (Å²) in [6.45, 7) is 4.33. The molecule has 12 heteroatoms. The zero-order valence-electron chi connectivity index (χ0n) is 15.8. The van der Waals surface area contributed by atoms with Crippen LogP contribution in [0.25, 0.3) is 0 Å². The fourth-order valence-corrected chi connectivity index (χ4v) is 0.507. The Kier molecular flexibility index (Phi) is 31.6. The zero-order chi connectivity index (χ0) is 22.8. The van der Waals surface area contributed by atoms with E-state index < -0.39 is 23.9 Å². The number of carbonyl (C=O) groups is 4. The summed E-state index contributed by atoms with van der Waals surface area (Å²) in [5.41, 5.74) is 0. The molecule has 4 N–H and O–H groups in total. The average molecular weight is 400 g/mol. The van der Waals surface area contributed by atoms with E-state index in [0.717, 1.165) is 27.7 Å². The molecule has 0 aliphatic carbocycles. The molecule has 0 aliphatic heterocycles. The zero-order valence-corrected chi connectivity index (χ0v) is 15.8. The number of carboxylic acid groups (broad SMARTS) is 4. The quantitative estimate of drug-likeness (QED) is 0.494. The van der Waals surface area contributed by atoms with Gasteiger partial charge in [0.2, 0.25) is 0 Å². The topological polar surface area (TPSA) is 201 Å². The van der Waals surface area contributed by atoms with Gasteiger partial charge < -0.3 is 20.4 Å². The largest absolute Gasteiger partial charge is 0.481 e. The van der Waals surface area contributed by atoms with Gasteiger partial charge in [0.15, 0.2) is 0 Å². The second-order valence-electron chi connectivity index (χ2n) is 3.86. The Morgan fingerprint density at radius 1 is 0.429 bits per heavy atom. The summed E-state index contributed by atoms with van der Waals surface area (Å²) in [5, 5.41) is 29.7. The molecule has 2 heterocycles. The summed E-state index contributed by atoms with van der Waals surface area (Å²) in [6, 6.07) is 0. The van der Waals surface area contributed by atoms with Gasteiger partial charge in [0, 0.05) is 77.3 Å². The molecule has 0 radical (unpaired) electrons. The SMILES string of the molecule is CC(=O)O.CC(=O)O.CC(=O)O.CC(=O)O.c1cnccn1.c1cnccn1. The molecule has 156 valence electrons. The Balaban J connectivity index is -0.000000125. The molecule has 2 rings (SSSR count). The summed E-state index contributed by atoms with van der Waals surface area (Å²) in [5.74, 6) is -3.33. The number of aliphatic carboxylic acids is 4. The standard InChI is InChI=1S/2C4H4N2.4C2H4O2/c2*1-2-6-4-3-5-1;4*1-2(3)4/h2*1-4H;4*1H3,(H,3,4). The normalized spacial score (nSPS) is 7.00. The maximum absolute atomic E-state index is 9.00. The van der Waals surface area contributed by atoms with Gasteiger partial charge in [-0.15, -0.1) is 0 Å². The lowest BCUT2D eigenvalue weighted by molar-refractivity contribution is -0.135. The minimum Gasteiger partial charge on any atom is -0.481 e. The molecule has 0 bridgehead atoms. The van der Waals surface area contributed by atoms with Crippen molar-refractivity contribution in [2.75, 3.05) is 0 Å². The number of aromatic nitrogens is 4. The van der Waals surface area contributed by atoms with Crippen molar-refractivity contribution in [1.82, 2.24) is 19.9 Å². The molecule has 0 saturated heterocycles. The Morgan fingerprint density at radius 3 is 0.536 bits per heavy atom.